The van der Waals surface area contributed by atoms with Crippen LogP contribution in [0.1, 0.15) is 56.1 Å². The second-order valence-corrected chi connectivity index (χ2v) is 8.95. The molecule has 1 aliphatic rings. The van der Waals surface area contributed by atoms with Crippen LogP contribution < -0.4 is 10.6 Å². The SMILES string of the molecule is O=C(CCCCC1NC(=O)C(CCCNC(=O)OCc2ccccc2)CC1=O)OCc1ccccc1. The maximum Gasteiger partial charge on any atom is 0.407 e. The van der Waals surface area contributed by atoms with Crippen LogP contribution in [0.3, 0.4) is 0 Å². The van der Waals surface area contributed by atoms with Crippen molar-refractivity contribution in [2.75, 3.05) is 6.54 Å². The number of ketones is 1. The molecule has 0 radical (unpaired) electrons. The second-order valence-electron chi connectivity index (χ2n) is 8.95. The standard InChI is InChI=1S/C28H34N2O6/c31-25-18-23(14-9-17-29-28(34)36-20-22-12-5-2-6-13-22)27(33)30-24(25)15-7-8-16-26(32)35-19-21-10-3-1-4-11-21/h1-6,10-13,23-24H,7-9,14-20H2,(H,29,34)(H,30,33). The van der Waals surface area contributed by atoms with E-state index >= 15 is 0 Å². The summed E-state index contributed by atoms with van der Waals surface area (Å²) in [4.78, 5) is 48.7. The highest BCUT2D eigenvalue weighted by Gasteiger charge is 2.33. The Hall–Kier alpha value is -3.68. The summed E-state index contributed by atoms with van der Waals surface area (Å²) in [5, 5.41) is 5.50. The van der Waals surface area contributed by atoms with Crippen molar-refractivity contribution in [2.24, 2.45) is 5.92 Å². The molecular formula is C28H34N2O6. The minimum absolute atomic E-state index is 0.0153. The van der Waals surface area contributed by atoms with Crippen LogP contribution in [0.4, 0.5) is 4.79 Å². The number of hydrogen-bond donors (Lipinski definition) is 2. The molecule has 0 saturated carbocycles. The molecule has 192 valence electrons. The van der Waals surface area contributed by atoms with Gasteiger partial charge in [0.15, 0.2) is 5.78 Å². The minimum Gasteiger partial charge on any atom is -0.461 e. The number of amides is 2. The number of ether oxygens (including phenoxy) is 2. The zero-order valence-corrected chi connectivity index (χ0v) is 20.4. The number of unbranched alkanes of at least 4 members (excludes halogenated alkanes) is 1. The van der Waals surface area contributed by atoms with Crippen LogP contribution in [0.15, 0.2) is 60.7 Å². The molecule has 2 N–H and O–H groups in total. The number of alkyl carbamates (subject to hydrolysis) is 1. The van der Waals surface area contributed by atoms with Gasteiger partial charge in [0.2, 0.25) is 5.91 Å². The monoisotopic (exact) mass is 494 g/mol. The Labute approximate surface area is 211 Å². The zero-order valence-electron chi connectivity index (χ0n) is 20.4. The van der Waals surface area contributed by atoms with E-state index in [-0.39, 0.29) is 49.6 Å². The van der Waals surface area contributed by atoms with E-state index in [1.165, 1.54) is 0 Å². The summed E-state index contributed by atoms with van der Waals surface area (Å²) in [7, 11) is 0. The largest absolute Gasteiger partial charge is 0.461 e. The molecule has 2 atom stereocenters. The lowest BCUT2D eigenvalue weighted by Gasteiger charge is -2.28. The molecule has 8 heteroatoms. The van der Waals surface area contributed by atoms with E-state index in [0.29, 0.717) is 38.6 Å². The fourth-order valence-electron chi connectivity index (χ4n) is 4.06. The number of hydrogen-bond acceptors (Lipinski definition) is 6. The van der Waals surface area contributed by atoms with Crippen LogP contribution in [-0.4, -0.2) is 36.3 Å². The topological polar surface area (TPSA) is 111 Å². The van der Waals surface area contributed by atoms with Gasteiger partial charge in [0.25, 0.3) is 0 Å². The van der Waals surface area contributed by atoms with Crippen molar-refractivity contribution in [1.82, 2.24) is 10.6 Å². The van der Waals surface area contributed by atoms with E-state index in [4.69, 9.17) is 9.47 Å². The van der Waals surface area contributed by atoms with E-state index in [1.54, 1.807) is 0 Å². The van der Waals surface area contributed by atoms with E-state index in [0.717, 1.165) is 11.1 Å². The van der Waals surface area contributed by atoms with Crippen LogP contribution >= 0.6 is 0 Å². The average Bonchev–Trinajstić information content (AvgIpc) is 2.90. The smallest absolute Gasteiger partial charge is 0.407 e. The molecule has 2 aromatic rings. The fourth-order valence-corrected chi connectivity index (χ4v) is 4.06. The highest BCUT2D eigenvalue weighted by Crippen LogP contribution is 2.20. The summed E-state index contributed by atoms with van der Waals surface area (Å²) >= 11 is 0. The average molecular weight is 495 g/mol. The van der Waals surface area contributed by atoms with Gasteiger partial charge in [0.05, 0.1) is 6.04 Å². The number of nitrogens with one attached hydrogen (secondary N) is 2. The highest BCUT2D eigenvalue weighted by atomic mass is 16.5. The molecule has 2 unspecified atom stereocenters. The van der Waals surface area contributed by atoms with Gasteiger partial charge < -0.3 is 20.1 Å². The molecule has 36 heavy (non-hydrogen) atoms. The summed E-state index contributed by atoms with van der Waals surface area (Å²) in [6, 6.07) is 18.4. The van der Waals surface area contributed by atoms with E-state index in [9.17, 15) is 19.2 Å². The number of piperidine rings is 1. The van der Waals surface area contributed by atoms with E-state index in [1.807, 2.05) is 60.7 Å². The molecule has 1 aliphatic heterocycles. The number of carbonyl (C=O) groups excluding carboxylic acids is 4. The number of carbonyl (C=O) groups is 4. The lowest BCUT2D eigenvalue weighted by molar-refractivity contribution is -0.145. The number of Topliss-reactive ketones (excluding diaryl/α,β-unsaturated/α-hetero) is 1. The molecule has 8 nitrogen and oxygen atoms in total. The van der Waals surface area contributed by atoms with Crippen molar-refractivity contribution in [2.45, 2.75) is 64.2 Å². The summed E-state index contributed by atoms with van der Waals surface area (Å²) < 4.78 is 10.4. The first-order valence-corrected chi connectivity index (χ1v) is 12.5. The zero-order chi connectivity index (χ0) is 25.6. The van der Waals surface area contributed by atoms with Crippen LogP contribution in [0.2, 0.25) is 0 Å². The van der Waals surface area contributed by atoms with Gasteiger partial charge in [-0.1, -0.05) is 67.1 Å². The van der Waals surface area contributed by atoms with Gasteiger partial charge in [-0.2, -0.15) is 0 Å². The molecule has 1 fully saturated rings. The van der Waals surface area contributed by atoms with E-state index in [2.05, 4.69) is 10.6 Å². The van der Waals surface area contributed by atoms with Crippen molar-refractivity contribution in [3.8, 4) is 0 Å². The molecule has 2 amide bonds. The van der Waals surface area contributed by atoms with Crippen LogP contribution in [0, 0.1) is 5.92 Å². The number of esters is 1. The number of benzene rings is 2. The first-order valence-electron chi connectivity index (χ1n) is 12.5. The van der Waals surface area contributed by atoms with Crippen molar-refractivity contribution >= 4 is 23.8 Å². The first-order chi connectivity index (χ1) is 17.5. The van der Waals surface area contributed by atoms with E-state index < -0.39 is 12.1 Å². The Bertz CT molecular complexity index is 914. The summed E-state index contributed by atoms with van der Waals surface area (Å²) in [6.45, 7) is 0.820. The predicted octanol–water partition coefficient (Wildman–Crippen LogP) is 4.07. The Morgan fingerprint density at radius 3 is 2.14 bits per heavy atom. The number of rotatable bonds is 13. The third-order valence-corrected chi connectivity index (χ3v) is 6.10. The maximum absolute atomic E-state index is 12.5. The van der Waals surface area contributed by atoms with Crippen molar-refractivity contribution in [1.29, 1.82) is 0 Å². The molecule has 0 aliphatic carbocycles. The normalized spacial score (nSPS) is 17.2. The van der Waals surface area contributed by atoms with Gasteiger partial charge in [-0.15, -0.1) is 0 Å². The van der Waals surface area contributed by atoms with Gasteiger partial charge in [-0.25, -0.2) is 4.79 Å². The minimum atomic E-state index is -0.507. The maximum atomic E-state index is 12.5. The van der Waals surface area contributed by atoms with Gasteiger partial charge in [-0.05, 0) is 36.8 Å². The van der Waals surface area contributed by atoms with Crippen LogP contribution in [-0.2, 0) is 37.1 Å². The van der Waals surface area contributed by atoms with Crippen LogP contribution in [0.5, 0.6) is 0 Å². The highest BCUT2D eigenvalue weighted by molar-refractivity contribution is 5.96. The lowest BCUT2D eigenvalue weighted by Crippen LogP contribution is -2.50. The lowest BCUT2D eigenvalue weighted by atomic mass is 9.87. The first kappa shape index (κ1) is 26.9. The third-order valence-electron chi connectivity index (χ3n) is 6.10. The van der Waals surface area contributed by atoms with Gasteiger partial charge in [0, 0.05) is 25.3 Å². The Morgan fingerprint density at radius 1 is 0.833 bits per heavy atom. The molecule has 1 heterocycles. The third kappa shape index (κ3) is 9.52. The molecule has 0 bridgehead atoms. The van der Waals surface area contributed by atoms with Gasteiger partial charge in [-0.3, -0.25) is 14.4 Å². The van der Waals surface area contributed by atoms with Crippen molar-refractivity contribution < 1.29 is 28.7 Å². The van der Waals surface area contributed by atoms with Gasteiger partial charge >= 0.3 is 12.1 Å². The molecule has 3 rings (SSSR count). The Kier molecular flexibility index (Phi) is 11.0. The van der Waals surface area contributed by atoms with Gasteiger partial charge in [0.1, 0.15) is 13.2 Å². The summed E-state index contributed by atoms with van der Waals surface area (Å²) in [6.07, 6.45) is 2.82. The molecule has 0 aromatic heterocycles. The second kappa shape index (κ2) is 14.7. The predicted molar refractivity (Wildman–Crippen MR) is 134 cm³/mol. The molecule has 2 aromatic carbocycles. The molecule has 0 spiro atoms. The summed E-state index contributed by atoms with van der Waals surface area (Å²) in [5.41, 5.74) is 1.84. The van der Waals surface area contributed by atoms with Crippen LogP contribution in [0.25, 0.3) is 0 Å². The fraction of sp³-hybridized carbons (Fsp3) is 0.429. The molecule has 1 saturated heterocycles. The Morgan fingerprint density at radius 2 is 1.47 bits per heavy atom. The van der Waals surface area contributed by atoms with Crippen molar-refractivity contribution in [3.63, 3.8) is 0 Å². The Balaban J connectivity index is 1.24. The molecular weight excluding hydrogens is 460 g/mol. The quantitative estimate of drug-likeness (QED) is 0.321. The van der Waals surface area contributed by atoms with Crippen molar-refractivity contribution in [3.05, 3.63) is 71.8 Å². The summed E-state index contributed by atoms with van der Waals surface area (Å²) in [5.74, 6) is -0.769.